The molecule has 0 radical (unpaired) electrons. The maximum Gasteiger partial charge on any atom is 0.516 e. The van der Waals surface area contributed by atoms with E-state index in [1.54, 1.807) is 6.07 Å². The van der Waals surface area contributed by atoms with Gasteiger partial charge in [0.1, 0.15) is 0 Å². The second-order valence-electron chi connectivity index (χ2n) is 6.70. The van der Waals surface area contributed by atoms with Crippen LogP contribution in [0.1, 0.15) is 33.3 Å². The Morgan fingerprint density at radius 1 is 1.04 bits per heavy atom. The Kier molecular flexibility index (Phi) is 4.05. The second-order valence-corrected chi connectivity index (χ2v) is 7.55. The number of rotatable bonds is 2. The van der Waals surface area contributed by atoms with Gasteiger partial charge in [-0.05, 0) is 33.8 Å². The maximum absolute atomic E-state index is 13.3. The number of aromatic nitrogens is 1. The van der Waals surface area contributed by atoms with Crippen molar-refractivity contribution in [2.75, 3.05) is 0 Å². The fraction of sp³-hybridized carbons (Fsp3) is 0.438. The van der Waals surface area contributed by atoms with Gasteiger partial charge in [0.25, 0.3) is 0 Å². The molecule has 0 atom stereocenters. The van der Waals surface area contributed by atoms with E-state index in [1.165, 1.54) is 17.6 Å². The fourth-order valence-electron chi connectivity index (χ4n) is 2.51. The molecule has 8 heteroatoms. The van der Waals surface area contributed by atoms with E-state index in [9.17, 15) is 13.2 Å². The molecule has 3 nitrogen and oxygen atoms in total. The van der Waals surface area contributed by atoms with Crippen molar-refractivity contribution >= 4 is 24.0 Å². The van der Waals surface area contributed by atoms with Crippen molar-refractivity contribution < 1.29 is 22.5 Å². The van der Waals surface area contributed by atoms with E-state index in [1.807, 2.05) is 27.7 Å². The van der Waals surface area contributed by atoms with E-state index < -0.39 is 30.1 Å². The van der Waals surface area contributed by atoms with Crippen LogP contribution in [0, 0.1) is 0 Å². The van der Waals surface area contributed by atoms with Gasteiger partial charge in [0, 0.05) is 5.56 Å². The standard InChI is InChI=1S/C16H17BF3NO2S/c1-14(2)15(3,4)23-17(22-14)13-12(24-9-21-13)10-7-5-6-8-11(10)16(18,19)20/h5-9H,1-4H3. The summed E-state index contributed by atoms with van der Waals surface area (Å²) >= 11 is 1.15. The van der Waals surface area contributed by atoms with Crippen LogP contribution in [-0.2, 0) is 15.5 Å². The molecule has 2 heterocycles. The zero-order valence-electron chi connectivity index (χ0n) is 13.8. The molecule has 1 fully saturated rings. The van der Waals surface area contributed by atoms with Gasteiger partial charge in [0.2, 0.25) is 0 Å². The molecule has 1 aliphatic rings. The zero-order valence-corrected chi connectivity index (χ0v) is 14.6. The maximum atomic E-state index is 13.3. The quantitative estimate of drug-likeness (QED) is 0.760. The highest BCUT2D eigenvalue weighted by molar-refractivity contribution is 7.14. The van der Waals surface area contributed by atoms with Crippen molar-refractivity contribution in [3.63, 3.8) is 0 Å². The van der Waals surface area contributed by atoms with Gasteiger partial charge in [-0.25, -0.2) is 0 Å². The number of alkyl halides is 3. The van der Waals surface area contributed by atoms with Crippen LogP contribution < -0.4 is 5.59 Å². The number of benzene rings is 1. The third kappa shape index (κ3) is 2.87. The van der Waals surface area contributed by atoms with Crippen molar-refractivity contribution in [1.82, 2.24) is 4.98 Å². The zero-order chi connectivity index (χ0) is 17.8. The van der Waals surface area contributed by atoms with Gasteiger partial charge >= 0.3 is 13.3 Å². The van der Waals surface area contributed by atoms with Crippen LogP contribution in [0.15, 0.2) is 29.8 Å². The molecule has 1 saturated heterocycles. The Bertz CT molecular complexity index is 742. The summed E-state index contributed by atoms with van der Waals surface area (Å²) in [7, 11) is -0.794. The minimum absolute atomic E-state index is 0.0946. The Morgan fingerprint density at radius 3 is 2.21 bits per heavy atom. The highest BCUT2D eigenvalue weighted by Gasteiger charge is 2.53. The van der Waals surface area contributed by atoms with Crippen LogP contribution >= 0.6 is 11.3 Å². The largest absolute Gasteiger partial charge is 0.516 e. The van der Waals surface area contributed by atoms with E-state index in [-0.39, 0.29) is 5.56 Å². The lowest BCUT2D eigenvalue weighted by atomic mass is 9.82. The van der Waals surface area contributed by atoms with E-state index in [4.69, 9.17) is 9.31 Å². The van der Waals surface area contributed by atoms with Gasteiger partial charge in [-0.2, -0.15) is 13.2 Å². The summed E-state index contributed by atoms with van der Waals surface area (Å²) < 4.78 is 51.8. The molecule has 0 unspecified atom stereocenters. The molecule has 3 rings (SSSR count). The molecule has 0 amide bonds. The minimum atomic E-state index is -4.44. The second kappa shape index (κ2) is 5.57. The molecule has 1 aromatic carbocycles. The van der Waals surface area contributed by atoms with Crippen LogP contribution in [0.25, 0.3) is 10.4 Å². The predicted octanol–water partition coefficient (Wildman–Crippen LogP) is 4.13. The number of hydrogen-bond acceptors (Lipinski definition) is 4. The number of hydrogen-bond donors (Lipinski definition) is 0. The molecule has 1 aliphatic heterocycles. The van der Waals surface area contributed by atoms with Crippen molar-refractivity contribution in [3.8, 4) is 10.4 Å². The summed E-state index contributed by atoms with van der Waals surface area (Å²) in [6.45, 7) is 7.57. The van der Waals surface area contributed by atoms with Crippen LogP contribution in [-0.4, -0.2) is 23.3 Å². The first-order chi connectivity index (χ1) is 11.0. The molecular weight excluding hydrogens is 338 g/mol. The number of nitrogens with zero attached hydrogens (tertiary/aromatic N) is 1. The van der Waals surface area contributed by atoms with Crippen LogP contribution in [0.5, 0.6) is 0 Å². The van der Waals surface area contributed by atoms with Crippen LogP contribution in [0.3, 0.4) is 0 Å². The normalized spacial score (nSPS) is 19.7. The molecule has 0 aliphatic carbocycles. The fourth-order valence-corrected chi connectivity index (χ4v) is 3.35. The van der Waals surface area contributed by atoms with E-state index in [2.05, 4.69) is 4.98 Å². The van der Waals surface area contributed by atoms with Gasteiger partial charge in [-0.3, -0.25) is 4.98 Å². The molecule has 128 valence electrons. The highest BCUT2D eigenvalue weighted by atomic mass is 32.1. The van der Waals surface area contributed by atoms with Gasteiger partial charge in [-0.15, -0.1) is 11.3 Å². The molecule has 24 heavy (non-hydrogen) atoms. The molecule has 0 bridgehead atoms. The predicted molar refractivity (Wildman–Crippen MR) is 88.3 cm³/mol. The van der Waals surface area contributed by atoms with E-state index in [0.29, 0.717) is 10.5 Å². The lowest BCUT2D eigenvalue weighted by Gasteiger charge is -2.32. The summed E-state index contributed by atoms with van der Waals surface area (Å²) in [4.78, 5) is 4.65. The highest BCUT2D eigenvalue weighted by Crippen LogP contribution is 2.40. The van der Waals surface area contributed by atoms with Crippen molar-refractivity contribution in [3.05, 3.63) is 35.3 Å². The summed E-state index contributed by atoms with van der Waals surface area (Å²) in [6.07, 6.45) is -4.44. The van der Waals surface area contributed by atoms with Crippen molar-refractivity contribution in [2.24, 2.45) is 0 Å². The topological polar surface area (TPSA) is 31.4 Å². The van der Waals surface area contributed by atoms with E-state index in [0.717, 1.165) is 17.4 Å². The summed E-state index contributed by atoms with van der Waals surface area (Å²) in [5.74, 6) is 0. The third-order valence-corrected chi connectivity index (χ3v) is 5.42. The van der Waals surface area contributed by atoms with Gasteiger partial charge in [0.05, 0.1) is 32.7 Å². The SMILES string of the molecule is CC1(C)OB(c2ncsc2-c2ccccc2C(F)(F)F)OC1(C)C. The first kappa shape index (κ1) is 17.4. The summed E-state index contributed by atoms with van der Waals surface area (Å²) in [6, 6.07) is 5.48. The monoisotopic (exact) mass is 355 g/mol. The first-order valence-corrected chi connectivity index (χ1v) is 8.36. The first-order valence-electron chi connectivity index (χ1n) is 7.48. The number of halogens is 3. The molecular formula is C16H17BF3NO2S. The van der Waals surface area contributed by atoms with Gasteiger partial charge < -0.3 is 9.31 Å². The lowest BCUT2D eigenvalue weighted by molar-refractivity contribution is -0.137. The Balaban J connectivity index is 2.05. The molecule has 0 N–H and O–H groups in total. The smallest absolute Gasteiger partial charge is 0.398 e. The lowest BCUT2D eigenvalue weighted by Crippen LogP contribution is -2.41. The van der Waals surface area contributed by atoms with Crippen molar-refractivity contribution in [2.45, 2.75) is 45.1 Å². The minimum Gasteiger partial charge on any atom is -0.398 e. The summed E-state index contributed by atoms with van der Waals surface area (Å²) in [5, 5.41) is 0. The number of thiazole rings is 1. The van der Waals surface area contributed by atoms with Gasteiger partial charge in [0.15, 0.2) is 0 Å². The average Bonchev–Trinajstić information content (AvgIpc) is 3.01. The molecule has 2 aromatic rings. The van der Waals surface area contributed by atoms with E-state index >= 15 is 0 Å². The molecule has 0 saturated carbocycles. The Hall–Kier alpha value is -1.38. The van der Waals surface area contributed by atoms with Crippen molar-refractivity contribution in [1.29, 1.82) is 0 Å². The Labute approximate surface area is 143 Å². The van der Waals surface area contributed by atoms with Gasteiger partial charge in [-0.1, -0.05) is 18.2 Å². The Morgan fingerprint density at radius 2 is 1.62 bits per heavy atom. The third-order valence-electron chi connectivity index (χ3n) is 4.55. The summed E-state index contributed by atoms with van der Waals surface area (Å²) in [5.41, 5.74) is 0.146. The average molecular weight is 355 g/mol. The molecule has 1 aromatic heterocycles. The molecule has 0 spiro atoms. The van der Waals surface area contributed by atoms with Crippen LogP contribution in [0.4, 0.5) is 13.2 Å². The van der Waals surface area contributed by atoms with Crippen LogP contribution in [0.2, 0.25) is 0 Å².